The van der Waals surface area contributed by atoms with Crippen LogP contribution in [0.15, 0.2) is 18.5 Å². The number of carbonyl (C=O) groups excluding carboxylic acids is 1. The molecule has 3 rings (SSSR count). The van der Waals surface area contributed by atoms with Gasteiger partial charge in [-0.1, -0.05) is 13.8 Å². The minimum Gasteiger partial charge on any atom is -0.346 e. The van der Waals surface area contributed by atoms with Crippen LogP contribution in [-0.4, -0.2) is 25.1 Å². The molecule has 0 aromatic carbocycles. The molecule has 0 fully saturated rings. The van der Waals surface area contributed by atoms with E-state index in [-0.39, 0.29) is 11.7 Å². The van der Waals surface area contributed by atoms with Crippen molar-refractivity contribution in [2.45, 2.75) is 46.2 Å². The highest BCUT2D eigenvalue weighted by molar-refractivity contribution is 5.97. The van der Waals surface area contributed by atoms with Crippen molar-refractivity contribution in [3.05, 3.63) is 35.7 Å². The monoisotopic (exact) mass is 272 g/mol. The molecule has 0 N–H and O–H groups in total. The summed E-state index contributed by atoms with van der Waals surface area (Å²) in [6.07, 6.45) is 7.28. The van der Waals surface area contributed by atoms with Crippen molar-refractivity contribution in [3.63, 3.8) is 0 Å². The molecule has 1 aliphatic heterocycles. The predicted octanol–water partition coefficient (Wildman–Crippen LogP) is 2.30. The van der Waals surface area contributed by atoms with Crippen molar-refractivity contribution in [1.29, 1.82) is 0 Å². The van der Waals surface area contributed by atoms with Gasteiger partial charge < -0.3 is 9.13 Å². The van der Waals surface area contributed by atoms with Crippen LogP contribution in [0, 0.1) is 5.92 Å². The molecule has 2 aromatic heterocycles. The van der Waals surface area contributed by atoms with Crippen molar-refractivity contribution < 1.29 is 4.79 Å². The van der Waals surface area contributed by atoms with Crippen molar-refractivity contribution in [3.8, 4) is 0 Å². The minimum atomic E-state index is 0.0340. The van der Waals surface area contributed by atoms with E-state index >= 15 is 0 Å². The molecule has 2 aromatic rings. The van der Waals surface area contributed by atoms with Gasteiger partial charge in [0.2, 0.25) is 0 Å². The fourth-order valence-corrected chi connectivity index (χ4v) is 2.67. The third-order valence-electron chi connectivity index (χ3n) is 3.82. The molecule has 0 saturated carbocycles. The first-order chi connectivity index (χ1) is 9.65. The molecule has 5 heteroatoms. The Kier molecular flexibility index (Phi) is 3.42. The molecule has 0 radical (unpaired) electrons. The Morgan fingerprint density at radius 2 is 2.20 bits per heavy atom. The number of rotatable bonds is 4. The Hall–Kier alpha value is -1.91. The molecule has 0 bridgehead atoms. The highest BCUT2D eigenvalue weighted by Crippen LogP contribution is 2.16. The fourth-order valence-electron chi connectivity index (χ4n) is 2.67. The maximum Gasteiger partial charge on any atom is 0.166 e. The largest absolute Gasteiger partial charge is 0.346 e. The lowest BCUT2D eigenvalue weighted by Gasteiger charge is -2.14. The van der Waals surface area contributed by atoms with E-state index in [2.05, 4.69) is 14.8 Å². The molecule has 0 atom stereocenters. The van der Waals surface area contributed by atoms with E-state index in [1.54, 1.807) is 0 Å². The zero-order valence-electron chi connectivity index (χ0n) is 12.0. The van der Waals surface area contributed by atoms with Gasteiger partial charge in [-0.15, -0.1) is 10.2 Å². The summed E-state index contributed by atoms with van der Waals surface area (Å²) >= 11 is 0. The van der Waals surface area contributed by atoms with Gasteiger partial charge in [-0.05, 0) is 18.9 Å². The molecule has 0 unspecified atom stereocenters. The Labute approximate surface area is 118 Å². The third-order valence-corrected chi connectivity index (χ3v) is 3.82. The van der Waals surface area contributed by atoms with Gasteiger partial charge >= 0.3 is 0 Å². The van der Waals surface area contributed by atoms with Gasteiger partial charge in [0, 0.05) is 36.8 Å². The number of ketones is 1. The van der Waals surface area contributed by atoms with Crippen molar-refractivity contribution in [1.82, 2.24) is 19.3 Å². The average Bonchev–Trinajstić information content (AvgIpc) is 3.06. The maximum atomic E-state index is 11.9. The lowest BCUT2D eigenvalue weighted by atomic mass is 10.0. The van der Waals surface area contributed by atoms with E-state index in [1.165, 1.54) is 12.8 Å². The summed E-state index contributed by atoms with van der Waals surface area (Å²) in [5.41, 5.74) is 0.776. The summed E-state index contributed by atoms with van der Waals surface area (Å²) in [6, 6.07) is 1.88. The number of nitrogens with zero attached hydrogens (tertiary/aromatic N) is 4. The summed E-state index contributed by atoms with van der Waals surface area (Å²) in [6.45, 7) is 5.54. The zero-order chi connectivity index (χ0) is 14.1. The molecular weight excluding hydrogens is 252 g/mol. The fraction of sp³-hybridized carbons (Fsp3) is 0.533. The van der Waals surface area contributed by atoms with Crippen LogP contribution >= 0.6 is 0 Å². The Morgan fingerprint density at radius 3 is 3.00 bits per heavy atom. The van der Waals surface area contributed by atoms with Gasteiger partial charge in [0.25, 0.3) is 0 Å². The van der Waals surface area contributed by atoms with E-state index in [9.17, 15) is 4.79 Å². The zero-order valence-corrected chi connectivity index (χ0v) is 12.0. The van der Waals surface area contributed by atoms with Crippen LogP contribution in [0.25, 0.3) is 0 Å². The van der Waals surface area contributed by atoms with Crippen molar-refractivity contribution >= 4 is 5.78 Å². The van der Waals surface area contributed by atoms with Crippen molar-refractivity contribution in [2.24, 2.45) is 5.92 Å². The normalized spacial score (nSPS) is 14.6. The molecule has 3 heterocycles. The summed E-state index contributed by atoms with van der Waals surface area (Å²) in [5.74, 6) is 2.30. The Morgan fingerprint density at radius 1 is 1.35 bits per heavy atom. The van der Waals surface area contributed by atoms with Crippen LogP contribution < -0.4 is 0 Å². The number of hydrogen-bond donors (Lipinski definition) is 0. The average molecular weight is 272 g/mol. The predicted molar refractivity (Wildman–Crippen MR) is 75.7 cm³/mol. The van der Waals surface area contributed by atoms with Gasteiger partial charge in [0.1, 0.15) is 5.82 Å². The summed E-state index contributed by atoms with van der Waals surface area (Å²) in [7, 11) is 0. The topological polar surface area (TPSA) is 52.7 Å². The van der Waals surface area contributed by atoms with E-state index in [0.717, 1.165) is 30.2 Å². The second-order valence-electron chi connectivity index (χ2n) is 5.73. The maximum absolute atomic E-state index is 11.9. The molecule has 0 aliphatic carbocycles. The van der Waals surface area contributed by atoms with Gasteiger partial charge in [-0.2, -0.15) is 0 Å². The molecule has 1 aliphatic rings. The number of fused-ring (bicyclic) bond motifs is 1. The van der Waals surface area contributed by atoms with Crippen LogP contribution in [0.3, 0.4) is 0 Å². The highest BCUT2D eigenvalue weighted by atomic mass is 16.1. The number of hydrogen-bond acceptors (Lipinski definition) is 3. The Balaban J connectivity index is 1.78. The molecular formula is C15H20N4O. The lowest BCUT2D eigenvalue weighted by molar-refractivity contribution is 0.0939. The van der Waals surface area contributed by atoms with Gasteiger partial charge in [0.05, 0.1) is 6.54 Å². The molecule has 0 saturated heterocycles. The Bertz CT molecular complexity index is 624. The number of aromatic nitrogens is 4. The minimum absolute atomic E-state index is 0.0340. The number of aryl methyl sites for hydroxylation is 1. The first-order valence-electron chi connectivity index (χ1n) is 7.26. The quantitative estimate of drug-likeness (QED) is 0.802. The molecule has 0 spiro atoms. The number of carbonyl (C=O) groups is 1. The summed E-state index contributed by atoms with van der Waals surface area (Å²) < 4.78 is 4.23. The number of Topliss-reactive ketones (excluding diaryl/α,β-unsaturated/α-hetero) is 1. The van der Waals surface area contributed by atoms with E-state index in [0.29, 0.717) is 6.54 Å². The van der Waals surface area contributed by atoms with Crippen molar-refractivity contribution in [2.75, 3.05) is 0 Å². The standard InChI is InChI=1S/C15H20N4O/c1-11(2)15(20)12-6-8-18(9-12)10-14-17-16-13-5-3-4-7-19(13)14/h6,8-9,11H,3-5,7,10H2,1-2H3. The second-order valence-corrected chi connectivity index (χ2v) is 5.73. The van der Waals surface area contributed by atoms with Crippen LogP contribution in [0.5, 0.6) is 0 Å². The van der Waals surface area contributed by atoms with Gasteiger partial charge in [-0.25, -0.2) is 0 Å². The highest BCUT2D eigenvalue weighted by Gasteiger charge is 2.16. The second kappa shape index (κ2) is 5.23. The van der Waals surface area contributed by atoms with Crippen LogP contribution in [0.2, 0.25) is 0 Å². The molecule has 0 amide bonds. The summed E-state index contributed by atoms with van der Waals surface area (Å²) in [4.78, 5) is 11.9. The van der Waals surface area contributed by atoms with Crippen LogP contribution in [-0.2, 0) is 19.5 Å². The van der Waals surface area contributed by atoms with Gasteiger partial charge in [-0.3, -0.25) is 4.79 Å². The smallest absolute Gasteiger partial charge is 0.166 e. The first-order valence-corrected chi connectivity index (χ1v) is 7.26. The molecule has 20 heavy (non-hydrogen) atoms. The molecule has 106 valence electrons. The lowest BCUT2D eigenvalue weighted by Crippen LogP contribution is -2.14. The summed E-state index contributed by atoms with van der Waals surface area (Å²) in [5, 5.41) is 8.55. The van der Waals surface area contributed by atoms with Crippen LogP contribution in [0.4, 0.5) is 0 Å². The van der Waals surface area contributed by atoms with E-state index in [1.807, 2.05) is 36.9 Å². The SMILES string of the molecule is CC(C)C(=O)c1ccn(Cc2nnc3n2CCCC3)c1. The third kappa shape index (κ3) is 2.40. The van der Waals surface area contributed by atoms with E-state index < -0.39 is 0 Å². The first kappa shape index (κ1) is 13.1. The van der Waals surface area contributed by atoms with E-state index in [4.69, 9.17) is 0 Å². The van der Waals surface area contributed by atoms with Crippen LogP contribution in [0.1, 0.15) is 48.7 Å². The molecule has 5 nitrogen and oxygen atoms in total. The van der Waals surface area contributed by atoms with Gasteiger partial charge in [0.15, 0.2) is 11.6 Å².